The second-order valence-electron chi connectivity index (χ2n) is 1.68. The Morgan fingerprint density at radius 2 is 1.90 bits per heavy atom. The average Bonchev–Trinajstić information content (AvgIpc) is 2.04. The van der Waals surface area contributed by atoms with Crippen molar-refractivity contribution in [2.45, 2.75) is 0 Å². The van der Waals surface area contributed by atoms with Crippen molar-refractivity contribution in [3.8, 4) is 0 Å². The molecule has 1 fully saturated rings. The third kappa shape index (κ3) is 1.17. The van der Waals surface area contributed by atoms with Crippen molar-refractivity contribution >= 4 is 17.5 Å². The van der Waals surface area contributed by atoms with Crippen LogP contribution in [0.3, 0.4) is 0 Å². The molecule has 0 aromatic carbocycles. The summed E-state index contributed by atoms with van der Waals surface area (Å²) < 4.78 is 0. The topological polar surface area (TPSA) is 87.3 Å². The van der Waals surface area contributed by atoms with E-state index in [4.69, 9.17) is 0 Å². The Bertz CT molecular complexity index is 180. The predicted molar refractivity (Wildman–Crippen MR) is 29.3 cm³/mol. The van der Waals surface area contributed by atoms with Gasteiger partial charge in [-0.2, -0.15) is 5.53 Å². The first-order chi connectivity index (χ1) is 4.72. The number of amides is 1. The number of hydrogen-bond acceptors (Lipinski definition) is 5. The summed E-state index contributed by atoms with van der Waals surface area (Å²) in [5.74, 6) is -2.71. The second-order valence-corrected chi connectivity index (χ2v) is 1.68. The molecule has 6 nitrogen and oxygen atoms in total. The van der Waals surface area contributed by atoms with Gasteiger partial charge in [-0.3, -0.25) is 19.8 Å². The van der Waals surface area contributed by atoms with Crippen LogP contribution in [-0.4, -0.2) is 24.0 Å². The summed E-state index contributed by atoms with van der Waals surface area (Å²) in [5.41, 5.74) is 6.43. The van der Waals surface area contributed by atoms with E-state index in [1.54, 1.807) is 0 Å². The molecular formula is C4H5N3O3. The number of carbonyl (C=O) groups is 3. The van der Waals surface area contributed by atoms with Crippen molar-refractivity contribution in [1.29, 1.82) is 0 Å². The number of ketones is 2. The van der Waals surface area contributed by atoms with E-state index in [1.165, 1.54) is 0 Å². The average molecular weight is 143 g/mol. The quantitative estimate of drug-likeness (QED) is 0.320. The zero-order valence-electron chi connectivity index (χ0n) is 4.93. The molecule has 0 aromatic rings. The molecule has 1 rings (SSSR count). The molecule has 1 aliphatic rings. The largest absolute Gasteiger partial charge is 0.310 e. The van der Waals surface area contributed by atoms with Crippen LogP contribution in [0.25, 0.3) is 0 Å². The number of Topliss-reactive ketones (excluding diaryl/α,β-unsaturated/α-hetero) is 2. The normalized spacial score (nSPS) is 20.2. The molecule has 6 heteroatoms. The monoisotopic (exact) mass is 143 g/mol. The lowest BCUT2D eigenvalue weighted by Gasteiger charge is -1.96. The van der Waals surface area contributed by atoms with Gasteiger partial charge in [0.05, 0.1) is 6.54 Å². The molecule has 0 unspecified atom stereocenters. The van der Waals surface area contributed by atoms with Crippen molar-refractivity contribution < 1.29 is 14.4 Å². The molecule has 1 saturated heterocycles. The molecule has 1 heterocycles. The summed E-state index contributed by atoms with van der Waals surface area (Å²) >= 11 is 0. The van der Waals surface area contributed by atoms with Crippen molar-refractivity contribution in [1.82, 2.24) is 16.4 Å². The highest BCUT2D eigenvalue weighted by Crippen LogP contribution is 1.77. The maximum Gasteiger partial charge on any atom is 0.310 e. The summed E-state index contributed by atoms with van der Waals surface area (Å²) in [5, 5.41) is 0. The molecule has 3 N–H and O–H groups in total. The number of carbonyl (C=O) groups excluding carboxylic acids is 3. The van der Waals surface area contributed by atoms with E-state index in [9.17, 15) is 14.4 Å². The highest BCUT2D eigenvalue weighted by atomic mass is 16.2. The fourth-order valence-corrected chi connectivity index (χ4v) is 0.489. The lowest BCUT2D eigenvalue weighted by atomic mass is 10.2. The molecule has 10 heavy (non-hydrogen) atoms. The molecule has 0 saturated carbocycles. The standard InChI is InChI=1S/C4H5N3O3/c8-2-1-5-7-6-4(10)3(2)9/h5,7H,1H2,(H,6,10). The smallest absolute Gasteiger partial charge is 0.289 e. The molecule has 0 aromatic heterocycles. The molecule has 0 spiro atoms. The van der Waals surface area contributed by atoms with Gasteiger partial charge in [0.2, 0.25) is 5.78 Å². The van der Waals surface area contributed by atoms with E-state index in [-0.39, 0.29) is 6.54 Å². The van der Waals surface area contributed by atoms with Gasteiger partial charge < -0.3 is 0 Å². The second kappa shape index (κ2) is 2.54. The van der Waals surface area contributed by atoms with E-state index in [0.717, 1.165) is 0 Å². The molecule has 0 radical (unpaired) electrons. The third-order valence-electron chi connectivity index (χ3n) is 0.973. The van der Waals surface area contributed by atoms with Crippen molar-refractivity contribution in [3.05, 3.63) is 0 Å². The Morgan fingerprint density at radius 1 is 1.20 bits per heavy atom. The van der Waals surface area contributed by atoms with Gasteiger partial charge in [-0.15, -0.1) is 0 Å². The Kier molecular flexibility index (Phi) is 1.74. The fourth-order valence-electron chi connectivity index (χ4n) is 0.489. The number of rotatable bonds is 0. The number of hydrazine groups is 2. The van der Waals surface area contributed by atoms with E-state index in [0.29, 0.717) is 0 Å². The molecule has 1 aliphatic heterocycles. The zero-order chi connectivity index (χ0) is 7.56. The van der Waals surface area contributed by atoms with Crippen molar-refractivity contribution in [2.24, 2.45) is 0 Å². The van der Waals surface area contributed by atoms with Crippen LogP contribution in [0.1, 0.15) is 0 Å². The van der Waals surface area contributed by atoms with Crippen molar-refractivity contribution in [2.75, 3.05) is 6.54 Å². The fraction of sp³-hybridized carbons (Fsp3) is 0.250. The molecule has 0 aliphatic carbocycles. The van der Waals surface area contributed by atoms with Crippen LogP contribution in [0.5, 0.6) is 0 Å². The van der Waals surface area contributed by atoms with E-state index < -0.39 is 17.5 Å². The summed E-state index contributed by atoms with van der Waals surface area (Å²) in [7, 11) is 0. The first-order valence-electron chi connectivity index (χ1n) is 2.57. The van der Waals surface area contributed by atoms with Gasteiger partial charge in [-0.25, -0.2) is 5.43 Å². The minimum atomic E-state index is -1.03. The Morgan fingerprint density at radius 3 is 2.60 bits per heavy atom. The maximum atomic E-state index is 10.5. The molecule has 54 valence electrons. The van der Waals surface area contributed by atoms with Gasteiger partial charge in [-0.1, -0.05) is 0 Å². The minimum absolute atomic E-state index is 0.169. The van der Waals surface area contributed by atoms with Gasteiger partial charge in [0, 0.05) is 0 Å². The minimum Gasteiger partial charge on any atom is -0.289 e. The van der Waals surface area contributed by atoms with Gasteiger partial charge >= 0.3 is 5.91 Å². The van der Waals surface area contributed by atoms with E-state index in [2.05, 4.69) is 11.0 Å². The Labute approximate surface area is 55.9 Å². The highest BCUT2D eigenvalue weighted by molar-refractivity contribution is 6.63. The first kappa shape index (κ1) is 6.84. The van der Waals surface area contributed by atoms with E-state index >= 15 is 0 Å². The van der Waals surface area contributed by atoms with Crippen LogP contribution in [0.2, 0.25) is 0 Å². The van der Waals surface area contributed by atoms with Crippen LogP contribution < -0.4 is 16.4 Å². The van der Waals surface area contributed by atoms with Gasteiger partial charge in [-0.05, 0) is 0 Å². The summed E-state index contributed by atoms with van der Waals surface area (Å²) in [4.78, 5) is 31.5. The van der Waals surface area contributed by atoms with Crippen molar-refractivity contribution in [3.63, 3.8) is 0 Å². The molecule has 0 bridgehead atoms. The maximum absolute atomic E-state index is 10.5. The van der Waals surface area contributed by atoms with Crippen LogP contribution in [0, 0.1) is 0 Å². The SMILES string of the molecule is O=C1CNNNC(=O)C1=O. The van der Waals surface area contributed by atoms with Crippen LogP contribution >= 0.6 is 0 Å². The lowest BCUT2D eigenvalue weighted by molar-refractivity contribution is -0.143. The summed E-state index contributed by atoms with van der Waals surface area (Å²) in [6.07, 6.45) is 0. The third-order valence-corrected chi connectivity index (χ3v) is 0.973. The predicted octanol–water partition coefficient (Wildman–Crippen LogP) is -2.74. The van der Waals surface area contributed by atoms with Crippen LogP contribution in [0.15, 0.2) is 0 Å². The summed E-state index contributed by atoms with van der Waals surface area (Å²) in [6, 6.07) is 0. The van der Waals surface area contributed by atoms with Crippen LogP contribution in [0.4, 0.5) is 0 Å². The molecule has 0 atom stereocenters. The highest BCUT2D eigenvalue weighted by Gasteiger charge is 2.24. The first-order valence-corrected chi connectivity index (χ1v) is 2.57. The molecular weight excluding hydrogens is 138 g/mol. The van der Waals surface area contributed by atoms with Gasteiger partial charge in [0.15, 0.2) is 0 Å². The van der Waals surface area contributed by atoms with E-state index in [1.807, 2.05) is 5.43 Å². The van der Waals surface area contributed by atoms with Gasteiger partial charge in [0.1, 0.15) is 0 Å². The summed E-state index contributed by atoms with van der Waals surface area (Å²) in [6.45, 7) is -0.169. The number of hydrogen-bond donors (Lipinski definition) is 3. The zero-order valence-corrected chi connectivity index (χ0v) is 4.93. The Balaban J connectivity index is 2.74. The number of nitrogens with one attached hydrogen (secondary N) is 3. The Hall–Kier alpha value is -1.27. The lowest BCUT2D eigenvalue weighted by Crippen LogP contribution is -2.45. The van der Waals surface area contributed by atoms with Crippen LogP contribution in [-0.2, 0) is 14.4 Å². The molecule has 1 amide bonds. The van der Waals surface area contributed by atoms with Gasteiger partial charge in [0.25, 0.3) is 5.78 Å².